The standard InChI is InChI=1S/C14H17N3O3/c1-9-7-10-13(17(9)8-12(18)19)14(20)16-6-4-2-3-5-11(16)15-10/h7H,2-6,8H2,1H3,(H,18,19). The van der Waals surface area contributed by atoms with Gasteiger partial charge in [-0.3, -0.25) is 14.2 Å². The molecule has 3 rings (SSSR count). The van der Waals surface area contributed by atoms with Crippen molar-refractivity contribution >= 4 is 17.0 Å². The fraction of sp³-hybridized carbons (Fsp3) is 0.500. The topological polar surface area (TPSA) is 77.1 Å². The molecule has 0 saturated heterocycles. The molecule has 0 unspecified atom stereocenters. The first-order chi connectivity index (χ1) is 9.58. The summed E-state index contributed by atoms with van der Waals surface area (Å²) in [5.41, 5.74) is 1.67. The van der Waals surface area contributed by atoms with Crippen LogP contribution >= 0.6 is 0 Å². The molecule has 2 aromatic rings. The molecule has 1 aliphatic heterocycles. The Hall–Kier alpha value is -2.11. The number of aliphatic carboxylic acids is 1. The molecule has 1 N–H and O–H groups in total. The summed E-state index contributed by atoms with van der Waals surface area (Å²) >= 11 is 0. The highest BCUT2D eigenvalue weighted by Gasteiger charge is 2.18. The maximum atomic E-state index is 12.7. The highest BCUT2D eigenvalue weighted by Crippen LogP contribution is 2.18. The number of nitrogens with zero attached hydrogens (tertiary/aromatic N) is 3. The molecule has 0 radical (unpaired) electrons. The van der Waals surface area contributed by atoms with E-state index >= 15 is 0 Å². The summed E-state index contributed by atoms with van der Waals surface area (Å²) in [6, 6.07) is 1.80. The fourth-order valence-corrected chi connectivity index (χ4v) is 2.90. The van der Waals surface area contributed by atoms with Crippen LogP contribution < -0.4 is 5.56 Å². The van der Waals surface area contributed by atoms with Crippen LogP contribution in [-0.4, -0.2) is 25.2 Å². The summed E-state index contributed by atoms with van der Waals surface area (Å²) in [6.45, 7) is 2.28. The van der Waals surface area contributed by atoms with Crippen molar-refractivity contribution in [2.45, 2.75) is 45.7 Å². The molecule has 6 heteroatoms. The molecule has 0 atom stereocenters. The van der Waals surface area contributed by atoms with Gasteiger partial charge in [0, 0.05) is 18.7 Å². The van der Waals surface area contributed by atoms with Gasteiger partial charge in [-0.1, -0.05) is 6.42 Å². The minimum atomic E-state index is -0.954. The van der Waals surface area contributed by atoms with E-state index in [1.807, 2.05) is 0 Å². The Kier molecular flexibility index (Phi) is 3.08. The van der Waals surface area contributed by atoms with Crippen molar-refractivity contribution in [2.75, 3.05) is 0 Å². The number of aromatic nitrogens is 3. The van der Waals surface area contributed by atoms with E-state index in [1.165, 1.54) is 0 Å². The van der Waals surface area contributed by atoms with Crippen LogP contribution in [0.15, 0.2) is 10.9 Å². The molecule has 0 saturated carbocycles. The lowest BCUT2D eigenvalue weighted by molar-refractivity contribution is -0.137. The SMILES string of the molecule is Cc1cc2nc3n(c(=O)c2n1CC(=O)O)CCCCC3. The average molecular weight is 275 g/mol. The van der Waals surface area contributed by atoms with Gasteiger partial charge in [0.1, 0.15) is 17.9 Å². The van der Waals surface area contributed by atoms with Crippen LogP contribution in [0.1, 0.15) is 30.8 Å². The maximum Gasteiger partial charge on any atom is 0.323 e. The van der Waals surface area contributed by atoms with Gasteiger partial charge in [0.15, 0.2) is 0 Å². The van der Waals surface area contributed by atoms with Crippen LogP contribution in [0.3, 0.4) is 0 Å². The van der Waals surface area contributed by atoms with Gasteiger partial charge in [-0.25, -0.2) is 4.98 Å². The first-order valence-corrected chi connectivity index (χ1v) is 6.89. The Morgan fingerprint density at radius 2 is 2.20 bits per heavy atom. The lowest BCUT2D eigenvalue weighted by Gasteiger charge is -2.10. The highest BCUT2D eigenvalue weighted by molar-refractivity contribution is 5.78. The van der Waals surface area contributed by atoms with E-state index < -0.39 is 5.97 Å². The summed E-state index contributed by atoms with van der Waals surface area (Å²) in [5.74, 6) is -0.127. The van der Waals surface area contributed by atoms with Gasteiger partial charge in [0.2, 0.25) is 0 Å². The first-order valence-electron chi connectivity index (χ1n) is 6.89. The van der Waals surface area contributed by atoms with Gasteiger partial charge in [-0.2, -0.15) is 0 Å². The van der Waals surface area contributed by atoms with Gasteiger partial charge >= 0.3 is 5.97 Å². The highest BCUT2D eigenvalue weighted by atomic mass is 16.4. The van der Waals surface area contributed by atoms with Crippen molar-refractivity contribution < 1.29 is 9.90 Å². The van der Waals surface area contributed by atoms with Crippen LogP contribution in [0.4, 0.5) is 0 Å². The molecule has 106 valence electrons. The second kappa shape index (κ2) is 4.77. The van der Waals surface area contributed by atoms with Crippen molar-refractivity contribution in [2.24, 2.45) is 0 Å². The van der Waals surface area contributed by atoms with Crippen molar-refractivity contribution in [3.05, 3.63) is 27.9 Å². The van der Waals surface area contributed by atoms with Gasteiger partial charge in [-0.15, -0.1) is 0 Å². The average Bonchev–Trinajstić information content (AvgIpc) is 2.58. The molecule has 3 heterocycles. The predicted octanol–water partition coefficient (Wildman–Crippen LogP) is 1.32. The van der Waals surface area contributed by atoms with E-state index in [-0.39, 0.29) is 12.1 Å². The van der Waals surface area contributed by atoms with Gasteiger partial charge in [0.05, 0.1) is 5.52 Å². The normalized spacial score (nSPS) is 15.1. The summed E-state index contributed by atoms with van der Waals surface area (Å²) in [4.78, 5) is 28.2. The second-order valence-corrected chi connectivity index (χ2v) is 5.29. The Bertz CT molecular complexity index is 742. The molecule has 1 aliphatic rings. The largest absolute Gasteiger partial charge is 0.480 e. The van der Waals surface area contributed by atoms with Crippen molar-refractivity contribution in [1.82, 2.24) is 14.1 Å². The number of aryl methyl sites for hydroxylation is 2. The predicted molar refractivity (Wildman–Crippen MR) is 73.9 cm³/mol. The summed E-state index contributed by atoms with van der Waals surface area (Å²) in [7, 11) is 0. The third-order valence-electron chi connectivity index (χ3n) is 3.87. The van der Waals surface area contributed by atoms with Crippen molar-refractivity contribution in [3.8, 4) is 0 Å². The maximum absolute atomic E-state index is 12.7. The quantitative estimate of drug-likeness (QED) is 0.896. The smallest absolute Gasteiger partial charge is 0.323 e. The van der Waals surface area contributed by atoms with E-state index in [2.05, 4.69) is 4.98 Å². The molecule has 0 spiro atoms. The monoisotopic (exact) mass is 275 g/mol. The lowest BCUT2D eigenvalue weighted by Crippen LogP contribution is -2.26. The zero-order chi connectivity index (χ0) is 14.3. The second-order valence-electron chi connectivity index (χ2n) is 5.29. The third kappa shape index (κ3) is 2.01. The van der Waals surface area contributed by atoms with E-state index in [0.717, 1.165) is 37.2 Å². The molecular formula is C14H17N3O3. The van der Waals surface area contributed by atoms with Crippen LogP contribution in [0.25, 0.3) is 11.0 Å². The third-order valence-corrected chi connectivity index (χ3v) is 3.87. The number of carbonyl (C=O) groups is 1. The Morgan fingerprint density at radius 1 is 1.40 bits per heavy atom. The van der Waals surface area contributed by atoms with Gasteiger partial charge < -0.3 is 9.67 Å². The number of hydrogen-bond donors (Lipinski definition) is 1. The fourth-order valence-electron chi connectivity index (χ4n) is 2.90. The van der Waals surface area contributed by atoms with Crippen molar-refractivity contribution in [1.29, 1.82) is 0 Å². The first kappa shape index (κ1) is 12.9. The molecule has 6 nitrogen and oxygen atoms in total. The van der Waals surface area contributed by atoms with E-state index in [0.29, 0.717) is 17.6 Å². The molecule has 2 aromatic heterocycles. The molecule has 0 aromatic carbocycles. The van der Waals surface area contributed by atoms with Crippen LogP contribution in [0.5, 0.6) is 0 Å². The minimum absolute atomic E-state index is 0.110. The number of carboxylic acid groups (broad SMARTS) is 1. The van der Waals surface area contributed by atoms with E-state index in [9.17, 15) is 9.59 Å². The van der Waals surface area contributed by atoms with E-state index in [4.69, 9.17) is 5.11 Å². The minimum Gasteiger partial charge on any atom is -0.480 e. The van der Waals surface area contributed by atoms with Crippen LogP contribution in [0.2, 0.25) is 0 Å². The van der Waals surface area contributed by atoms with Crippen LogP contribution in [-0.2, 0) is 24.3 Å². The van der Waals surface area contributed by atoms with Crippen molar-refractivity contribution in [3.63, 3.8) is 0 Å². The molecular weight excluding hydrogens is 258 g/mol. The lowest BCUT2D eigenvalue weighted by atomic mass is 10.2. The number of rotatable bonds is 2. The molecule has 0 fully saturated rings. The Labute approximate surface area is 115 Å². The van der Waals surface area contributed by atoms with E-state index in [1.54, 1.807) is 22.1 Å². The molecule has 0 aliphatic carbocycles. The number of hydrogen-bond acceptors (Lipinski definition) is 3. The summed E-state index contributed by atoms with van der Waals surface area (Å²) < 4.78 is 3.26. The summed E-state index contributed by atoms with van der Waals surface area (Å²) in [5, 5.41) is 8.99. The molecule has 0 amide bonds. The zero-order valence-electron chi connectivity index (χ0n) is 11.4. The number of fused-ring (bicyclic) bond motifs is 2. The van der Waals surface area contributed by atoms with Gasteiger partial charge in [-0.05, 0) is 25.8 Å². The molecule has 0 bridgehead atoms. The Morgan fingerprint density at radius 3 is 2.95 bits per heavy atom. The number of carboxylic acids is 1. The Balaban J connectivity index is 2.28. The summed E-state index contributed by atoms with van der Waals surface area (Å²) in [6.07, 6.45) is 3.93. The van der Waals surface area contributed by atoms with Crippen LogP contribution in [0, 0.1) is 6.92 Å². The molecule has 20 heavy (non-hydrogen) atoms. The zero-order valence-corrected chi connectivity index (χ0v) is 11.4. The van der Waals surface area contributed by atoms with Gasteiger partial charge in [0.25, 0.3) is 5.56 Å².